The molecule has 9 nitrogen and oxygen atoms in total. The molecule has 4 rings (SSSR count). The molecule has 4 heterocycles. The summed E-state index contributed by atoms with van der Waals surface area (Å²) in [6.45, 7) is 8.77. The maximum atomic E-state index is 13.1. The molecule has 0 saturated carbocycles. The Morgan fingerprint density at radius 2 is 1.94 bits per heavy atom. The third-order valence-corrected chi connectivity index (χ3v) is 4.88. The van der Waals surface area contributed by atoms with Crippen LogP contribution in [0, 0.1) is 13.8 Å². The van der Waals surface area contributed by atoms with E-state index >= 15 is 0 Å². The predicted octanol–water partition coefficient (Wildman–Crippen LogP) is 3.52. The third-order valence-electron chi connectivity index (χ3n) is 4.88. The van der Waals surface area contributed by atoms with Gasteiger partial charge in [0, 0.05) is 37.1 Å². The van der Waals surface area contributed by atoms with Crippen molar-refractivity contribution in [1.29, 1.82) is 0 Å². The zero-order valence-electron chi connectivity index (χ0n) is 18.0. The molecule has 160 valence electrons. The molecule has 0 aliphatic rings. The second-order valence-corrected chi connectivity index (χ2v) is 7.56. The summed E-state index contributed by atoms with van der Waals surface area (Å²) in [5.74, 6) is 1.89. The molecule has 0 saturated heterocycles. The Morgan fingerprint density at radius 3 is 2.61 bits per heavy atom. The lowest BCUT2D eigenvalue weighted by Crippen LogP contribution is -2.29. The highest BCUT2D eigenvalue weighted by atomic mass is 16.3. The number of anilines is 1. The van der Waals surface area contributed by atoms with Crippen molar-refractivity contribution < 1.29 is 9.21 Å². The lowest BCUT2D eigenvalue weighted by Gasteiger charge is -2.11. The number of furan rings is 1. The second kappa shape index (κ2) is 8.55. The summed E-state index contributed by atoms with van der Waals surface area (Å²) < 4.78 is 7.50. The molecule has 0 aliphatic carbocycles. The average molecular weight is 419 g/mol. The van der Waals surface area contributed by atoms with Crippen molar-refractivity contribution in [1.82, 2.24) is 30.0 Å². The fourth-order valence-corrected chi connectivity index (χ4v) is 3.44. The maximum absolute atomic E-state index is 13.1. The summed E-state index contributed by atoms with van der Waals surface area (Å²) in [6, 6.07) is 5.60. The van der Waals surface area contributed by atoms with Crippen LogP contribution in [0.5, 0.6) is 0 Å². The van der Waals surface area contributed by atoms with Crippen LogP contribution in [-0.4, -0.2) is 43.7 Å². The van der Waals surface area contributed by atoms with Crippen molar-refractivity contribution in [3.05, 3.63) is 53.9 Å². The van der Waals surface area contributed by atoms with Crippen molar-refractivity contribution in [2.45, 2.75) is 33.7 Å². The van der Waals surface area contributed by atoms with Crippen LogP contribution < -0.4 is 10.6 Å². The molecule has 0 aliphatic heterocycles. The van der Waals surface area contributed by atoms with E-state index in [0.717, 1.165) is 17.1 Å². The van der Waals surface area contributed by atoms with Gasteiger partial charge in [0.25, 0.3) is 5.91 Å². The SMILES string of the molecule is Cc1cc(-c2cc(C(=O)NCCNc3ncccn3)c3cnn(C(C)C)c3n2)c(C)o1. The minimum absolute atomic E-state index is 0.110. The number of hydrogen-bond donors (Lipinski definition) is 2. The van der Waals surface area contributed by atoms with Crippen LogP contribution in [0.3, 0.4) is 0 Å². The molecular formula is C22H25N7O2. The van der Waals surface area contributed by atoms with Crippen molar-refractivity contribution in [2.24, 2.45) is 0 Å². The van der Waals surface area contributed by atoms with E-state index in [9.17, 15) is 4.79 Å². The number of carbonyl (C=O) groups is 1. The van der Waals surface area contributed by atoms with Crippen LogP contribution in [0.4, 0.5) is 5.95 Å². The number of carbonyl (C=O) groups excluding carboxylic acids is 1. The number of hydrogen-bond acceptors (Lipinski definition) is 7. The molecule has 1 amide bonds. The molecular weight excluding hydrogens is 394 g/mol. The number of pyridine rings is 1. The Hall–Kier alpha value is -3.75. The fraction of sp³-hybridized carbons (Fsp3) is 0.318. The molecule has 31 heavy (non-hydrogen) atoms. The smallest absolute Gasteiger partial charge is 0.252 e. The number of fused-ring (bicyclic) bond motifs is 1. The first-order valence-corrected chi connectivity index (χ1v) is 10.2. The van der Waals surface area contributed by atoms with Gasteiger partial charge in [-0.3, -0.25) is 4.79 Å². The molecule has 0 bridgehead atoms. The van der Waals surface area contributed by atoms with E-state index in [4.69, 9.17) is 9.40 Å². The zero-order valence-corrected chi connectivity index (χ0v) is 18.0. The van der Waals surface area contributed by atoms with E-state index in [1.807, 2.05) is 38.4 Å². The quantitative estimate of drug-likeness (QED) is 0.441. The Balaban J connectivity index is 1.62. The van der Waals surface area contributed by atoms with Crippen molar-refractivity contribution in [2.75, 3.05) is 18.4 Å². The summed E-state index contributed by atoms with van der Waals surface area (Å²) in [7, 11) is 0. The molecule has 0 spiro atoms. The van der Waals surface area contributed by atoms with Gasteiger partial charge in [-0.15, -0.1) is 0 Å². The van der Waals surface area contributed by atoms with Gasteiger partial charge in [0.15, 0.2) is 5.65 Å². The third kappa shape index (κ3) is 4.25. The van der Waals surface area contributed by atoms with Crippen LogP contribution in [0.2, 0.25) is 0 Å². The van der Waals surface area contributed by atoms with Crippen LogP contribution >= 0.6 is 0 Å². The van der Waals surface area contributed by atoms with Gasteiger partial charge in [-0.25, -0.2) is 19.6 Å². The highest BCUT2D eigenvalue weighted by molar-refractivity contribution is 6.06. The van der Waals surface area contributed by atoms with Crippen LogP contribution in [0.25, 0.3) is 22.3 Å². The Labute approximate surface area is 179 Å². The highest BCUT2D eigenvalue weighted by Crippen LogP contribution is 2.30. The Kier molecular flexibility index (Phi) is 5.66. The first-order chi connectivity index (χ1) is 14.9. The topological polar surface area (TPSA) is 111 Å². The van der Waals surface area contributed by atoms with E-state index in [1.165, 1.54) is 0 Å². The molecule has 4 aromatic rings. The molecule has 0 radical (unpaired) electrons. The summed E-state index contributed by atoms with van der Waals surface area (Å²) in [5.41, 5.74) is 2.76. The fourth-order valence-electron chi connectivity index (χ4n) is 3.44. The highest BCUT2D eigenvalue weighted by Gasteiger charge is 2.20. The molecule has 0 atom stereocenters. The molecule has 0 aromatic carbocycles. The van der Waals surface area contributed by atoms with Gasteiger partial charge in [0.05, 0.1) is 22.8 Å². The lowest BCUT2D eigenvalue weighted by molar-refractivity contribution is 0.0956. The van der Waals surface area contributed by atoms with E-state index in [-0.39, 0.29) is 11.9 Å². The monoisotopic (exact) mass is 419 g/mol. The van der Waals surface area contributed by atoms with Gasteiger partial charge in [0.1, 0.15) is 11.5 Å². The lowest BCUT2D eigenvalue weighted by atomic mass is 10.1. The summed E-state index contributed by atoms with van der Waals surface area (Å²) in [6.07, 6.45) is 5.02. The van der Waals surface area contributed by atoms with Crippen LogP contribution in [0.1, 0.15) is 41.8 Å². The number of aryl methyl sites for hydroxylation is 2. The minimum Gasteiger partial charge on any atom is -0.466 e. The first kappa shape index (κ1) is 20.5. The van der Waals surface area contributed by atoms with Crippen molar-refractivity contribution in [3.8, 4) is 11.3 Å². The standard InChI is InChI=1S/C22H25N7O2/c1-13(2)29-20-18(12-27-29)17(11-19(28-20)16-10-14(3)31-15(16)4)21(30)23-8-9-26-22-24-6-5-7-25-22/h5-7,10-13H,8-9H2,1-4H3,(H,23,30)(H,24,25,26). The minimum atomic E-state index is -0.189. The molecule has 0 fully saturated rings. The normalized spacial score (nSPS) is 11.3. The van der Waals surface area contributed by atoms with Gasteiger partial charge in [-0.05, 0) is 45.9 Å². The average Bonchev–Trinajstić information content (AvgIpc) is 3.33. The number of nitrogens with zero attached hydrogens (tertiary/aromatic N) is 5. The molecule has 9 heteroatoms. The second-order valence-electron chi connectivity index (χ2n) is 7.56. The zero-order chi connectivity index (χ0) is 22.0. The van der Waals surface area contributed by atoms with E-state index in [1.54, 1.807) is 30.7 Å². The summed E-state index contributed by atoms with van der Waals surface area (Å²) in [4.78, 5) is 26.1. The van der Waals surface area contributed by atoms with Crippen LogP contribution in [-0.2, 0) is 0 Å². The van der Waals surface area contributed by atoms with Crippen molar-refractivity contribution in [3.63, 3.8) is 0 Å². The molecule has 2 N–H and O–H groups in total. The maximum Gasteiger partial charge on any atom is 0.252 e. The predicted molar refractivity (Wildman–Crippen MR) is 118 cm³/mol. The van der Waals surface area contributed by atoms with Crippen molar-refractivity contribution >= 4 is 22.9 Å². The van der Waals surface area contributed by atoms with E-state index in [2.05, 4.69) is 25.7 Å². The summed E-state index contributed by atoms with van der Waals surface area (Å²) >= 11 is 0. The molecule has 0 unspecified atom stereocenters. The van der Waals surface area contributed by atoms with Gasteiger partial charge in [-0.1, -0.05) is 0 Å². The summed E-state index contributed by atoms with van der Waals surface area (Å²) in [5, 5.41) is 11.2. The van der Waals surface area contributed by atoms with Crippen LogP contribution in [0.15, 0.2) is 41.2 Å². The largest absolute Gasteiger partial charge is 0.466 e. The van der Waals surface area contributed by atoms with Gasteiger partial charge in [-0.2, -0.15) is 5.10 Å². The number of rotatable bonds is 7. The van der Waals surface area contributed by atoms with E-state index < -0.39 is 0 Å². The van der Waals surface area contributed by atoms with Gasteiger partial charge in [0.2, 0.25) is 5.95 Å². The Bertz CT molecular complexity index is 1210. The number of aromatic nitrogens is 5. The van der Waals surface area contributed by atoms with Gasteiger partial charge < -0.3 is 15.1 Å². The number of amides is 1. The van der Waals surface area contributed by atoms with Gasteiger partial charge >= 0.3 is 0 Å². The van der Waals surface area contributed by atoms with E-state index in [0.29, 0.717) is 41.3 Å². The molecule has 4 aromatic heterocycles. The number of nitrogens with one attached hydrogen (secondary N) is 2. The Morgan fingerprint density at radius 1 is 1.16 bits per heavy atom. The first-order valence-electron chi connectivity index (χ1n) is 10.2.